The van der Waals surface area contributed by atoms with Crippen molar-refractivity contribution in [1.29, 1.82) is 0 Å². The maximum Gasteiger partial charge on any atom is 0.410 e. The van der Waals surface area contributed by atoms with E-state index in [9.17, 15) is 19.2 Å². The van der Waals surface area contributed by atoms with E-state index in [2.05, 4.69) is 0 Å². The monoisotopic (exact) mass is 517 g/mol. The Kier molecular flexibility index (Phi) is 8.39. The maximum atomic E-state index is 13.0. The van der Waals surface area contributed by atoms with E-state index in [4.69, 9.17) is 19.9 Å². The Morgan fingerprint density at radius 1 is 1.03 bits per heavy atom. The lowest BCUT2D eigenvalue weighted by atomic mass is 10.1. The molecule has 37 heavy (non-hydrogen) atoms. The normalized spacial score (nSPS) is 17.3. The lowest BCUT2D eigenvalue weighted by molar-refractivity contribution is -0.155. The number of primary amides is 1. The standard InChI is InChI=1S/C27H39N3O7/c1-26(2,3)36-22(31)10-9-21(23(28)32)30-16-17-15-19(7-8-20(17)24(30)33)35-18-11-13-29(14-12-18)25(34)37-27(4,5)6/h7-8,15,18,21H,9-14,16H2,1-6H3,(H2,28,32)/t21-/m0/s1. The van der Waals surface area contributed by atoms with Crippen molar-refractivity contribution in [2.24, 2.45) is 5.73 Å². The number of esters is 1. The molecule has 1 aromatic carbocycles. The fourth-order valence-electron chi connectivity index (χ4n) is 4.42. The first-order valence-corrected chi connectivity index (χ1v) is 12.7. The second-order valence-corrected chi connectivity index (χ2v) is 11.6. The minimum Gasteiger partial charge on any atom is -0.490 e. The van der Waals surface area contributed by atoms with Gasteiger partial charge in [-0.05, 0) is 71.7 Å². The zero-order valence-corrected chi connectivity index (χ0v) is 22.7. The Bertz CT molecular complexity index is 1030. The van der Waals surface area contributed by atoms with Gasteiger partial charge in [0, 0.05) is 44.5 Å². The van der Waals surface area contributed by atoms with E-state index in [0.29, 0.717) is 37.2 Å². The second kappa shape index (κ2) is 11.0. The van der Waals surface area contributed by atoms with E-state index < -0.39 is 29.1 Å². The van der Waals surface area contributed by atoms with Crippen LogP contribution < -0.4 is 10.5 Å². The molecule has 1 fully saturated rings. The van der Waals surface area contributed by atoms with Gasteiger partial charge in [0.1, 0.15) is 29.1 Å². The van der Waals surface area contributed by atoms with Crippen LogP contribution in [0.5, 0.6) is 5.75 Å². The van der Waals surface area contributed by atoms with Crippen molar-refractivity contribution in [2.45, 2.75) is 97.1 Å². The predicted molar refractivity (Wildman–Crippen MR) is 136 cm³/mol. The molecule has 0 saturated carbocycles. The van der Waals surface area contributed by atoms with Crippen LogP contribution in [0.4, 0.5) is 4.79 Å². The molecule has 1 saturated heterocycles. The Morgan fingerprint density at radius 2 is 1.65 bits per heavy atom. The molecule has 10 heteroatoms. The first kappa shape index (κ1) is 28.3. The first-order valence-electron chi connectivity index (χ1n) is 12.7. The molecule has 3 amide bonds. The summed E-state index contributed by atoms with van der Waals surface area (Å²) in [6.07, 6.45) is 0.992. The van der Waals surface area contributed by atoms with Crippen LogP contribution in [-0.4, -0.2) is 70.1 Å². The number of ether oxygens (including phenoxy) is 3. The van der Waals surface area contributed by atoms with Gasteiger partial charge in [0.05, 0.1) is 0 Å². The van der Waals surface area contributed by atoms with Crippen molar-refractivity contribution in [2.75, 3.05) is 13.1 Å². The molecule has 0 unspecified atom stereocenters. The van der Waals surface area contributed by atoms with Crippen LogP contribution in [-0.2, 0) is 25.6 Å². The largest absolute Gasteiger partial charge is 0.490 e. The van der Waals surface area contributed by atoms with E-state index in [-0.39, 0.29) is 37.5 Å². The van der Waals surface area contributed by atoms with Crippen molar-refractivity contribution < 1.29 is 33.4 Å². The molecule has 0 spiro atoms. The number of nitrogens with two attached hydrogens (primary N) is 1. The van der Waals surface area contributed by atoms with Crippen molar-refractivity contribution in [3.05, 3.63) is 29.3 Å². The highest BCUT2D eigenvalue weighted by atomic mass is 16.6. The van der Waals surface area contributed by atoms with Crippen molar-refractivity contribution >= 4 is 23.9 Å². The number of rotatable bonds is 7. The number of benzene rings is 1. The maximum absolute atomic E-state index is 13.0. The van der Waals surface area contributed by atoms with E-state index in [1.54, 1.807) is 43.9 Å². The summed E-state index contributed by atoms with van der Waals surface area (Å²) in [6, 6.07) is 4.31. The summed E-state index contributed by atoms with van der Waals surface area (Å²) < 4.78 is 16.9. The molecule has 204 valence electrons. The lowest BCUT2D eigenvalue weighted by Crippen LogP contribution is -2.45. The highest BCUT2D eigenvalue weighted by molar-refractivity contribution is 6.01. The molecule has 0 aliphatic carbocycles. The van der Waals surface area contributed by atoms with Crippen LogP contribution in [0, 0.1) is 0 Å². The number of amides is 3. The third-order valence-electron chi connectivity index (χ3n) is 6.05. The summed E-state index contributed by atoms with van der Waals surface area (Å²) in [7, 11) is 0. The van der Waals surface area contributed by atoms with Gasteiger partial charge < -0.3 is 29.7 Å². The molecular weight excluding hydrogens is 478 g/mol. The quantitative estimate of drug-likeness (QED) is 0.549. The molecular formula is C27H39N3O7. The van der Waals surface area contributed by atoms with Crippen LogP contribution in [0.15, 0.2) is 18.2 Å². The average Bonchev–Trinajstić information content (AvgIpc) is 3.07. The molecule has 1 aromatic rings. The smallest absolute Gasteiger partial charge is 0.410 e. The first-order chi connectivity index (χ1) is 17.1. The Hall–Kier alpha value is -3.30. The number of piperidine rings is 1. The van der Waals surface area contributed by atoms with Crippen molar-refractivity contribution in [3.8, 4) is 5.75 Å². The van der Waals surface area contributed by atoms with E-state index >= 15 is 0 Å². The lowest BCUT2D eigenvalue weighted by Gasteiger charge is -2.33. The summed E-state index contributed by atoms with van der Waals surface area (Å²) in [5.41, 5.74) is 5.64. The molecule has 2 aliphatic rings. The van der Waals surface area contributed by atoms with Gasteiger partial charge in [0.25, 0.3) is 5.91 Å². The van der Waals surface area contributed by atoms with Crippen LogP contribution in [0.1, 0.15) is 83.1 Å². The number of fused-ring (bicyclic) bond motifs is 1. The number of carbonyl (C=O) groups is 4. The third-order valence-corrected chi connectivity index (χ3v) is 6.05. The summed E-state index contributed by atoms with van der Waals surface area (Å²) in [5.74, 6) is -0.803. The van der Waals surface area contributed by atoms with E-state index in [0.717, 1.165) is 5.56 Å². The van der Waals surface area contributed by atoms with Crippen molar-refractivity contribution in [1.82, 2.24) is 9.80 Å². The SMILES string of the molecule is CC(C)(C)OC(=O)CC[C@@H](C(N)=O)N1Cc2cc(OC3CCN(C(=O)OC(C)(C)C)CC3)ccc2C1=O. The summed E-state index contributed by atoms with van der Waals surface area (Å²) >= 11 is 0. The molecule has 0 bridgehead atoms. The zero-order chi connectivity index (χ0) is 27.5. The van der Waals surface area contributed by atoms with Gasteiger partial charge in [-0.25, -0.2) is 4.79 Å². The minimum atomic E-state index is -0.922. The molecule has 2 heterocycles. The summed E-state index contributed by atoms with van der Waals surface area (Å²) in [6.45, 7) is 12.1. The molecule has 2 N–H and O–H groups in total. The van der Waals surface area contributed by atoms with Gasteiger partial charge in [-0.15, -0.1) is 0 Å². The topological polar surface area (TPSA) is 128 Å². The molecule has 0 radical (unpaired) electrons. The van der Waals surface area contributed by atoms with Crippen LogP contribution >= 0.6 is 0 Å². The van der Waals surface area contributed by atoms with E-state index in [1.165, 1.54) is 4.90 Å². The van der Waals surface area contributed by atoms with Crippen LogP contribution in [0.25, 0.3) is 0 Å². The zero-order valence-electron chi connectivity index (χ0n) is 22.7. The number of hydrogen-bond acceptors (Lipinski definition) is 7. The molecule has 0 aromatic heterocycles. The fourth-order valence-corrected chi connectivity index (χ4v) is 4.42. The molecule has 1 atom stereocenters. The summed E-state index contributed by atoms with van der Waals surface area (Å²) in [5, 5.41) is 0. The van der Waals surface area contributed by atoms with E-state index in [1.807, 2.05) is 20.8 Å². The molecule has 2 aliphatic heterocycles. The molecule has 3 rings (SSSR count). The van der Waals surface area contributed by atoms with Gasteiger partial charge in [-0.1, -0.05) is 0 Å². The van der Waals surface area contributed by atoms with Gasteiger partial charge in [-0.3, -0.25) is 14.4 Å². The fraction of sp³-hybridized carbons (Fsp3) is 0.630. The third kappa shape index (κ3) is 7.84. The van der Waals surface area contributed by atoms with Crippen LogP contribution in [0.3, 0.4) is 0 Å². The number of likely N-dealkylation sites (tertiary alicyclic amines) is 1. The minimum absolute atomic E-state index is 0.0264. The number of nitrogens with zero attached hydrogens (tertiary/aromatic N) is 2. The summed E-state index contributed by atoms with van der Waals surface area (Å²) in [4.78, 5) is 52.7. The Morgan fingerprint density at radius 3 is 2.22 bits per heavy atom. The number of hydrogen-bond donors (Lipinski definition) is 1. The Labute approximate surface area is 218 Å². The van der Waals surface area contributed by atoms with Gasteiger partial charge in [-0.2, -0.15) is 0 Å². The highest BCUT2D eigenvalue weighted by Crippen LogP contribution is 2.31. The Balaban J connectivity index is 1.58. The second-order valence-electron chi connectivity index (χ2n) is 11.6. The highest BCUT2D eigenvalue weighted by Gasteiger charge is 2.36. The number of carbonyl (C=O) groups excluding carboxylic acids is 4. The van der Waals surface area contributed by atoms with Gasteiger partial charge in [0.15, 0.2) is 0 Å². The molecule has 10 nitrogen and oxygen atoms in total. The van der Waals surface area contributed by atoms with Crippen LogP contribution in [0.2, 0.25) is 0 Å². The van der Waals surface area contributed by atoms with Gasteiger partial charge in [0.2, 0.25) is 5.91 Å². The average molecular weight is 518 g/mol. The predicted octanol–water partition coefficient (Wildman–Crippen LogP) is 3.40. The van der Waals surface area contributed by atoms with Gasteiger partial charge >= 0.3 is 12.1 Å². The van der Waals surface area contributed by atoms with Crippen molar-refractivity contribution in [3.63, 3.8) is 0 Å².